The molecule has 0 saturated heterocycles. The second-order valence-corrected chi connectivity index (χ2v) is 5.60. The number of rotatable bonds is 4. The van der Waals surface area contributed by atoms with Crippen LogP contribution in [0.3, 0.4) is 0 Å². The van der Waals surface area contributed by atoms with E-state index < -0.39 is 5.91 Å². The summed E-state index contributed by atoms with van der Waals surface area (Å²) in [5.41, 5.74) is 0.928. The first-order valence-corrected chi connectivity index (χ1v) is 7.69. The summed E-state index contributed by atoms with van der Waals surface area (Å²) in [5.74, 6) is 0.0353. The maximum Gasteiger partial charge on any atom is 0.292 e. The molecule has 0 atom stereocenters. The summed E-state index contributed by atoms with van der Waals surface area (Å²) in [6.07, 6.45) is 0. The van der Waals surface area contributed by atoms with Crippen molar-refractivity contribution in [1.82, 2.24) is 5.32 Å². The lowest BCUT2D eigenvalue weighted by Gasteiger charge is -2.03. The van der Waals surface area contributed by atoms with E-state index in [1.807, 2.05) is 12.1 Å². The SMILES string of the molecule is CNC(=O)c1ccsc1NC(=O)c1cc2cccc(OC)c2o1. The van der Waals surface area contributed by atoms with E-state index in [1.54, 1.807) is 30.7 Å². The van der Waals surface area contributed by atoms with Crippen molar-refractivity contribution in [3.63, 3.8) is 0 Å². The molecule has 3 rings (SSSR count). The van der Waals surface area contributed by atoms with E-state index in [1.165, 1.54) is 18.4 Å². The van der Waals surface area contributed by atoms with Crippen LogP contribution in [-0.2, 0) is 0 Å². The summed E-state index contributed by atoms with van der Waals surface area (Å²) in [6, 6.07) is 8.71. The van der Waals surface area contributed by atoms with Crippen LogP contribution >= 0.6 is 11.3 Å². The van der Waals surface area contributed by atoms with Crippen LogP contribution in [-0.4, -0.2) is 26.0 Å². The summed E-state index contributed by atoms with van der Waals surface area (Å²) in [4.78, 5) is 24.1. The van der Waals surface area contributed by atoms with E-state index in [0.29, 0.717) is 21.9 Å². The van der Waals surface area contributed by atoms with Crippen molar-refractivity contribution in [3.05, 3.63) is 47.0 Å². The Morgan fingerprint density at radius 3 is 2.78 bits per heavy atom. The number of fused-ring (bicyclic) bond motifs is 1. The van der Waals surface area contributed by atoms with Gasteiger partial charge in [-0.15, -0.1) is 11.3 Å². The van der Waals surface area contributed by atoms with Crippen molar-refractivity contribution in [3.8, 4) is 5.75 Å². The van der Waals surface area contributed by atoms with Gasteiger partial charge in [-0.2, -0.15) is 0 Å². The van der Waals surface area contributed by atoms with Gasteiger partial charge < -0.3 is 19.8 Å². The molecule has 2 amide bonds. The molecule has 23 heavy (non-hydrogen) atoms. The summed E-state index contributed by atoms with van der Waals surface area (Å²) in [6.45, 7) is 0. The Labute approximate surface area is 136 Å². The minimum absolute atomic E-state index is 0.153. The molecule has 0 aliphatic heterocycles. The molecule has 118 valence electrons. The second-order valence-electron chi connectivity index (χ2n) is 4.69. The summed E-state index contributed by atoms with van der Waals surface area (Å²) >= 11 is 1.27. The number of methoxy groups -OCH3 is 1. The van der Waals surface area contributed by atoms with Crippen LogP contribution in [0.1, 0.15) is 20.9 Å². The zero-order valence-corrected chi connectivity index (χ0v) is 13.3. The van der Waals surface area contributed by atoms with E-state index in [4.69, 9.17) is 9.15 Å². The molecule has 0 fully saturated rings. The van der Waals surface area contributed by atoms with Crippen LogP contribution in [0.5, 0.6) is 5.75 Å². The third-order valence-corrected chi connectivity index (χ3v) is 4.15. The number of amides is 2. The van der Waals surface area contributed by atoms with Gasteiger partial charge in [0, 0.05) is 12.4 Å². The van der Waals surface area contributed by atoms with Crippen LogP contribution in [0, 0.1) is 0 Å². The molecule has 7 heteroatoms. The van der Waals surface area contributed by atoms with Crippen molar-refractivity contribution in [2.24, 2.45) is 0 Å². The van der Waals surface area contributed by atoms with Gasteiger partial charge in [0.15, 0.2) is 17.1 Å². The van der Waals surface area contributed by atoms with Crippen LogP contribution in [0.25, 0.3) is 11.0 Å². The molecular weight excluding hydrogens is 316 g/mol. The Bertz CT molecular complexity index is 881. The van der Waals surface area contributed by atoms with E-state index in [-0.39, 0.29) is 11.7 Å². The Hall–Kier alpha value is -2.80. The number of hydrogen-bond donors (Lipinski definition) is 2. The largest absolute Gasteiger partial charge is 0.493 e. The van der Waals surface area contributed by atoms with Gasteiger partial charge in [-0.25, -0.2) is 0 Å². The normalized spacial score (nSPS) is 10.5. The van der Waals surface area contributed by atoms with Crippen LogP contribution in [0.4, 0.5) is 5.00 Å². The van der Waals surface area contributed by atoms with Crippen molar-refractivity contribution in [2.45, 2.75) is 0 Å². The van der Waals surface area contributed by atoms with Crippen molar-refractivity contribution in [2.75, 3.05) is 19.5 Å². The maximum atomic E-state index is 12.4. The Morgan fingerprint density at radius 2 is 2.04 bits per heavy atom. The van der Waals surface area contributed by atoms with E-state index in [0.717, 1.165) is 5.39 Å². The summed E-state index contributed by atoms with van der Waals surface area (Å²) < 4.78 is 10.8. The molecule has 2 heterocycles. The predicted octanol–water partition coefficient (Wildman–Crippen LogP) is 3.11. The van der Waals surface area contributed by atoms with Gasteiger partial charge >= 0.3 is 0 Å². The molecule has 0 unspecified atom stereocenters. The number of ether oxygens (including phenoxy) is 1. The summed E-state index contributed by atoms with van der Waals surface area (Å²) in [7, 11) is 3.08. The molecule has 2 aromatic heterocycles. The minimum Gasteiger partial charge on any atom is -0.493 e. The number of anilines is 1. The lowest BCUT2D eigenvalue weighted by atomic mass is 10.2. The average molecular weight is 330 g/mol. The molecule has 2 N–H and O–H groups in total. The molecule has 0 radical (unpaired) electrons. The predicted molar refractivity (Wildman–Crippen MR) is 88.4 cm³/mol. The number of thiophene rings is 1. The highest BCUT2D eigenvalue weighted by Gasteiger charge is 2.18. The molecule has 0 spiro atoms. The van der Waals surface area contributed by atoms with Gasteiger partial charge in [-0.3, -0.25) is 9.59 Å². The lowest BCUT2D eigenvalue weighted by molar-refractivity contribution is 0.0964. The molecular formula is C16H14N2O4S. The number of furan rings is 1. The topological polar surface area (TPSA) is 80.6 Å². The molecule has 0 saturated carbocycles. The molecule has 0 aliphatic carbocycles. The second kappa shape index (κ2) is 6.13. The van der Waals surface area contributed by atoms with Gasteiger partial charge in [0.25, 0.3) is 11.8 Å². The number of hydrogen-bond acceptors (Lipinski definition) is 5. The van der Waals surface area contributed by atoms with Crippen LogP contribution in [0.15, 0.2) is 40.1 Å². The quantitative estimate of drug-likeness (QED) is 0.770. The van der Waals surface area contributed by atoms with Crippen molar-refractivity contribution < 1.29 is 18.7 Å². The third-order valence-electron chi connectivity index (χ3n) is 3.32. The fraction of sp³-hybridized carbons (Fsp3) is 0.125. The highest BCUT2D eigenvalue weighted by Crippen LogP contribution is 2.29. The minimum atomic E-state index is -0.421. The Balaban J connectivity index is 1.90. The third kappa shape index (κ3) is 2.78. The zero-order chi connectivity index (χ0) is 16.4. The standard InChI is InChI=1S/C16H14N2O4S/c1-17-14(19)10-6-7-23-16(10)18-15(20)12-8-9-4-3-5-11(21-2)13(9)22-12/h3-8H,1-2H3,(H,17,19)(H,18,20). The van der Waals surface area contributed by atoms with Gasteiger partial charge in [0.05, 0.1) is 12.7 Å². The number of benzene rings is 1. The molecule has 0 aliphatic rings. The maximum absolute atomic E-state index is 12.4. The zero-order valence-electron chi connectivity index (χ0n) is 12.5. The Morgan fingerprint density at radius 1 is 1.22 bits per heavy atom. The van der Waals surface area contributed by atoms with Crippen molar-refractivity contribution in [1.29, 1.82) is 0 Å². The molecule has 3 aromatic rings. The van der Waals surface area contributed by atoms with E-state index >= 15 is 0 Å². The fourth-order valence-electron chi connectivity index (χ4n) is 2.19. The number of nitrogens with one attached hydrogen (secondary N) is 2. The van der Waals surface area contributed by atoms with Crippen LogP contribution in [0.2, 0.25) is 0 Å². The smallest absolute Gasteiger partial charge is 0.292 e. The Kier molecular flexibility index (Phi) is 4.03. The highest BCUT2D eigenvalue weighted by atomic mass is 32.1. The van der Waals surface area contributed by atoms with Gasteiger partial charge in [-0.1, -0.05) is 12.1 Å². The molecule has 6 nitrogen and oxygen atoms in total. The van der Waals surface area contributed by atoms with Crippen molar-refractivity contribution >= 4 is 39.1 Å². The van der Waals surface area contributed by atoms with Crippen LogP contribution < -0.4 is 15.4 Å². The lowest BCUT2D eigenvalue weighted by Crippen LogP contribution is -2.20. The highest BCUT2D eigenvalue weighted by molar-refractivity contribution is 7.14. The monoisotopic (exact) mass is 330 g/mol. The first-order chi connectivity index (χ1) is 11.1. The molecule has 0 bridgehead atoms. The first kappa shape index (κ1) is 15.1. The van der Waals surface area contributed by atoms with Gasteiger partial charge in [0.1, 0.15) is 5.00 Å². The number of carbonyl (C=O) groups excluding carboxylic acids is 2. The average Bonchev–Trinajstić information content (AvgIpc) is 3.20. The number of carbonyl (C=O) groups is 2. The molecule has 1 aromatic carbocycles. The van der Waals surface area contributed by atoms with E-state index in [2.05, 4.69) is 10.6 Å². The number of para-hydroxylation sites is 1. The van der Waals surface area contributed by atoms with E-state index in [9.17, 15) is 9.59 Å². The van der Waals surface area contributed by atoms with Gasteiger partial charge in [-0.05, 0) is 23.6 Å². The fourth-order valence-corrected chi connectivity index (χ4v) is 2.97. The van der Waals surface area contributed by atoms with Gasteiger partial charge in [0.2, 0.25) is 0 Å². The first-order valence-electron chi connectivity index (χ1n) is 6.81. The summed E-state index contributed by atoms with van der Waals surface area (Å²) in [5, 5.41) is 8.22.